The molecule has 17 aliphatic rings. The average molecular weight is 1130 g/mol. The second-order valence-electron chi connectivity index (χ2n) is 26.7. The maximum Gasteiger partial charge on any atom is 0.308 e. The van der Waals surface area contributed by atoms with E-state index in [4.69, 9.17) is 87.3 Å². The highest BCUT2D eigenvalue weighted by Gasteiger charge is 2.79. The molecule has 17 aliphatic heterocycles. The molecule has 3 spiro atoms. The number of carbonyl (C=O) groups excluding carboxylic acids is 1. The predicted molar refractivity (Wildman–Crippen MR) is 267 cm³/mol. The Bertz CT molecular complexity index is 2450. The Morgan fingerprint density at radius 3 is 2.09 bits per heavy atom. The molecule has 0 aliphatic carbocycles. The van der Waals surface area contributed by atoms with Gasteiger partial charge in [-0.15, -0.1) is 0 Å². The number of hydrogen-bond donors (Lipinski definition) is 6. The Morgan fingerprint density at radius 2 is 1.23 bits per heavy atom. The maximum absolute atomic E-state index is 14.4. The summed E-state index contributed by atoms with van der Waals surface area (Å²) in [5.41, 5.74) is 15.5. The topological polar surface area (TPSA) is 298 Å². The zero-order valence-electron chi connectivity index (χ0n) is 45.1. The lowest BCUT2D eigenvalue weighted by Crippen LogP contribution is -2.65. The van der Waals surface area contributed by atoms with E-state index in [9.17, 15) is 25.2 Å². The molecule has 17 fully saturated rings. The van der Waals surface area contributed by atoms with Crippen molar-refractivity contribution in [3.63, 3.8) is 0 Å². The molecular formula is C57H80N2O21. The first-order valence-electron chi connectivity index (χ1n) is 30.3. The number of esters is 1. The van der Waals surface area contributed by atoms with E-state index < -0.39 is 115 Å². The van der Waals surface area contributed by atoms with Gasteiger partial charge in [-0.3, -0.25) is 4.79 Å². The highest BCUT2D eigenvalue weighted by molar-refractivity contribution is 5.70. The molecule has 80 heavy (non-hydrogen) atoms. The van der Waals surface area contributed by atoms with Gasteiger partial charge in [-0.25, -0.2) is 0 Å². The van der Waals surface area contributed by atoms with Gasteiger partial charge < -0.3 is 108 Å². The number of hydrogen-bond acceptors (Lipinski definition) is 23. The number of rotatable bonds is 2. The van der Waals surface area contributed by atoms with Gasteiger partial charge in [-0.2, -0.15) is 0 Å². The monoisotopic (exact) mass is 1130 g/mol. The molecule has 0 radical (unpaired) electrons. The summed E-state index contributed by atoms with van der Waals surface area (Å²) < 4.78 is 107. The van der Waals surface area contributed by atoms with Crippen LogP contribution in [0.2, 0.25) is 0 Å². The molecule has 0 saturated carbocycles. The standard InChI is InChI=1S/C57H80N2O21/c1-23-11-27-7-10-56-53(63)57(64)52(80-56)51-50(79-57)49(78-56)48-33(72-51)6-4-26(67-48)13-46(62)71-40-16-37-38(69-36(40)14-34-24(2)28(58)12-25(66-34)3-5-31(23)65-27)17-42-44(70-37)20-55(75-42)21-45-32(74-55)8-9-54(77-45)19-29(59)47-43(76-54)18-39-41(73-47)15-35(68-39)30(61)22-60/h25-45,47-53,60-61,63-64H,1-22,58-59H2/t25-,26+,27-,28+,29-,30-,31-,32-,33-,34+,35-,36-,37?,38-,39+,40+,41+,42+,43-,44?,45-,47-,48-,49-,50-,51+,52?,53-,54-,55-,56+,57?/m0/s1. The van der Waals surface area contributed by atoms with Crippen LogP contribution in [-0.4, -0.2) is 227 Å². The first kappa shape index (κ1) is 53.6. The molecule has 23 heteroatoms. The summed E-state index contributed by atoms with van der Waals surface area (Å²) in [4.78, 5) is 14.4. The fraction of sp³-hybridized carbons (Fsp3) is 0.912. The summed E-state index contributed by atoms with van der Waals surface area (Å²) >= 11 is 0. The van der Waals surface area contributed by atoms with Gasteiger partial charge >= 0.3 is 5.97 Å². The molecule has 12 bridgehead atoms. The van der Waals surface area contributed by atoms with E-state index in [2.05, 4.69) is 13.2 Å². The van der Waals surface area contributed by atoms with E-state index in [0.717, 1.165) is 11.1 Å². The van der Waals surface area contributed by atoms with Crippen LogP contribution in [0.3, 0.4) is 0 Å². The summed E-state index contributed by atoms with van der Waals surface area (Å²) in [6.45, 7) is 8.45. The van der Waals surface area contributed by atoms with Crippen molar-refractivity contribution in [1.82, 2.24) is 0 Å². The summed E-state index contributed by atoms with van der Waals surface area (Å²) in [7, 11) is 0. The molecule has 0 aromatic carbocycles. The third-order valence-electron chi connectivity index (χ3n) is 21.6. The van der Waals surface area contributed by atoms with E-state index in [-0.39, 0.29) is 105 Å². The van der Waals surface area contributed by atoms with E-state index in [1.54, 1.807) is 0 Å². The van der Waals surface area contributed by atoms with Crippen molar-refractivity contribution in [2.45, 2.75) is 316 Å². The van der Waals surface area contributed by atoms with Crippen LogP contribution >= 0.6 is 0 Å². The summed E-state index contributed by atoms with van der Waals surface area (Å²) in [5, 5.41) is 43.6. The maximum atomic E-state index is 14.4. The van der Waals surface area contributed by atoms with Gasteiger partial charge in [0, 0.05) is 76.3 Å². The lowest BCUT2D eigenvalue weighted by molar-refractivity contribution is -0.355. The van der Waals surface area contributed by atoms with Crippen molar-refractivity contribution in [3.05, 3.63) is 24.3 Å². The highest BCUT2D eigenvalue weighted by Crippen LogP contribution is 2.59. The van der Waals surface area contributed by atoms with Crippen molar-refractivity contribution in [2.24, 2.45) is 11.5 Å². The zero-order valence-corrected chi connectivity index (χ0v) is 45.1. The number of aliphatic hydroxyl groups excluding tert-OH is 3. The van der Waals surface area contributed by atoms with Crippen LogP contribution in [0.5, 0.6) is 0 Å². The predicted octanol–water partition coefficient (Wildman–Crippen LogP) is 0.513. The molecule has 17 rings (SSSR count). The van der Waals surface area contributed by atoms with E-state index >= 15 is 0 Å². The average Bonchev–Trinajstić information content (AvgIpc) is 4.23. The molecule has 32 atom stereocenters. The Hall–Kier alpha value is -1.89. The number of nitrogens with two attached hydrogens (primary N) is 2. The molecule has 0 aromatic heterocycles. The number of fused-ring (bicyclic) bond motifs is 11. The van der Waals surface area contributed by atoms with Crippen LogP contribution in [0.4, 0.5) is 0 Å². The van der Waals surface area contributed by atoms with Crippen molar-refractivity contribution in [1.29, 1.82) is 0 Å². The van der Waals surface area contributed by atoms with E-state index in [1.165, 1.54) is 0 Å². The molecule has 17 saturated heterocycles. The molecule has 23 nitrogen and oxygen atoms in total. The van der Waals surface area contributed by atoms with Crippen LogP contribution in [-0.2, 0) is 80.6 Å². The number of aliphatic hydroxyl groups is 4. The third kappa shape index (κ3) is 8.70. The van der Waals surface area contributed by atoms with Gasteiger partial charge in [0.2, 0.25) is 11.6 Å². The summed E-state index contributed by atoms with van der Waals surface area (Å²) in [6.07, 6.45) is -4.27. The molecule has 444 valence electrons. The molecule has 0 amide bonds. The van der Waals surface area contributed by atoms with Crippen molar-refractivity contribution >= 4 is 5.97 Å². The molecular weight excluding hydrogens is 1050 g/mol. The van der Waals surface area contributed by atoms with Crippen molar-refractivity contribution in [3.8, 4) is 0 Å². The number of ether oxygens (including phenoxy) is 16. The first-order chi connectivity index (χ1) is 38.5. The Kier molecular flexibility index (Phi) is 13.1. The minimum atomic E-state index is -2.04. The van der Waals surface area contributed by atoms with E-state index in [1.807, 2.05) is 0 Å². The van der Waals surface area contributed by atoms with Crippen LogP contribution < -0.4 is 11.5 Å². The third-order valence-corrected chi connectivity index (χ3v) is 21.6. The first-order valence-corrected chi connectivity index (χ1v) is 30.3. The van der Waals surface area contributed by atoms with Crippen LogP contribution in [0.1, 0.15) is 122 Å². The fourth-order valence-corrected chi connectivity index (χ4v) is 17.7. The lowest BCUT2D eigenvalue weighted by atomic mass is 9.84. The summed E-state index contributed by atoms with van der Waals surface area (Å²) in [5.74, 6) is -5.98. The molecule has 8 N–H and O–H groups in total. The van der Waals surface area contributed by atoms with Gasteiger partial charge in [-0.1, -0.05) is 13.2 Å². The molecule has 17 heterocycles. The van der Waals surface area contributed by atoms with E-state index in [0.29, 0.717) is 109 Å². The fourth-order valence-electron chi connectivity index (χ4n) is 17.7. The highest BCUT2D eigenvalue weighted by atomic mass is 16.8. The minimum Gasteiger partial charge on any atom is -0.459 e. The smallest absolute Gasteiger partial charge is 0.308 e. The minimum absolute atomic E-state index is 0.0497. The number of carbonyl (C=O) groups is 1. The Balaban J connectivity index is 0.619. The van der Waals surface area contributed by atoms with Gasteiger partial charge in [0.05, 0.1) is 123 Å². The van der Waals surface area contributed by atoms with Crippen molar-refractivity contribution in [2.75, 3.05) is 6.61 Å². The Labute approximate surface area is 464 Å². The van der Waals surface area contributed by atoms with Crippen LogP contribution in [0.25, 0.3) is 0 Å². The van der Waals surface area contributed by atoms with Crippen molar-refractivity contribution < 1.29 is 101 Å². The quantitative estimate of drug-likeness (QED) is 0.162. The summed E-state index contributed by atoms with van der Waals surface area (Å²) in [6, 6.07) is -0.666. The zero-order chi connectivity index (χ0) is 54.4. The molecule has 0 aromatic rings. The van der Waals surface area contributed by atoms with Gasteiger partial charge in [0.15, 0.2) is 17.7 Å². The van der Waals surface area contributed by atoms with Gasteiger partial charge in [0.1, 0.15) is 42.7 Å². The van der Waals surface area contributed by atoms with Gasteiger partial charge in [-0.05, 0) is 62.5 Å². The second-order valence-corrected chi connectivity index (χ2v) is 26.7. The Morgan fingerprint density at radius 1 is 0.537 bits per heavy atom. The lowest BCUT2D eigenvalue weighted by Gasteiger charge is -2.53. The normalized spacial score (nSPS) is 58.9. The SMILES string of the molecule is C=C1C[C@@H]2CC[C@]34OC5[C@@H]6O[C@H]7CC[C@H](CC(=O)O[C@@H]8CC9OC%10C[C@@]%11(C[C@@H]%12O[C@@]%13(CC[C@@H]%12O%11)C[C@H](N)[C@@H]%11O[C@@H]%12C[C@@H]([C@@H](O)CO)O[C@@H]%12C[C@@H]%11O%13)O[C@@H]%10C[C@@H]9O[C@H]8C[C@H]8O[C@@H](CC[C@@H]1O2)C[C@@H](N)C8=C)O[C@@H]7[C@H](O3)[C@@H]6OC5(O)[C@H]4O. The molecule has 4 unspecified atom stereocenters. The largest absolute Gasteiger partial charge is 0.459 e. The van der Waals surface area contributed by atoms with Crippen LogP contribution in [0, 0.1) is 0 Å². The van der Waals surface area contributed by atoms with Crippen LogP contribution in [0.15, 0.2) is 24.3 Å². The van der Waals surface area contributed by atoms with Gasteiger partial charge in [0.25, 0.3) is 0 Å². The second kappa shape index (κ2) is 19.6.